The van der Waals surface area contributed by atoms with Crippen LogP contribution in [-0.4, -0.2) is 92.7 Å². The summed E-state index contributed by atoms with van der Waals surface area (Å²) in [5.74, 6) is 0. The average molecular weight is 857 g/mol. The predicted molar refractivity (Wildman–Crippen MR) is 220 cm³/mol. The summed E-state index contributed by atoms with van der Waals surface area (Å²) in [6.07, 6.45) is -0.898. The molecule has 0 aromatic carbocycles. The van der Waals surface area contributed by atoms with Gasteiger partial charge in [-0.1, -0.05) is 53.7 Å². The maximum absolute atomic E-state index is 14.7. The Labute approximate surface area is 335 Å². The van der Waals surface area contributed by atoms with E-state index in [4.69, 9.17) is 36.6 Å². The molecule has 4 rings (SSSR count). The van der Waals surface area contributed by atoms with Gasteiger partial charge in [-0.05, 0) is 43.2 Å². The van der Waals surface area contributed by atoms with E-state index in [9.17, 15) is 23.7 Å². The zero-order valence-corrected chi connectivity index (χ0v) is 37.9. The van der Waals surface area contributed by atoms with E-state index in [1.54, 1.807) is 13.0 Å². The number of phosphoric ester groups is 1. The van der Waals surface area contributed by atoms with E-state index in [1.807, 2.05) is 13.1 Å². The summed E-state index contributed by atoms with van der Waals surface area (Å²) in [6.45, 7) is 29.3. The Morgan fingerprint density at radius 2 is 1.49 bits per heavy atom. The van der Waals surface area contributed by atoms with Crippen molar-refractivity contribution in [3.63, 3.8) is 0 Å². The SMILES string of the molecule is C=CCO[C@H]1[C@H](O[Si](C)(C)C(C)(C)C)[C@@H](COP(=O)(OCC=C)O[C@H]2C[C@H](n3cc(C)c(=O)[nH]c3=O)O[C@@H]2CO[Si](C)(C)C(C)(C)C)O[C@H]1n1ccc(=O)[nH]c1=O. The quantitative estimate of drug-likeness (QED) is 0.112. The molecule has 2 fully saturated rings. The summed E-state index contributed by atoms with van der Waals surface area (Å²) < 4.78 is 67.6. The van der Waals surface area contributed by atoms with Crippen LogP contribution >= 0.6 is 7.82 Å². The van der Waals surface area contributed by atoms with Gasteiger partial charge in [-0.2, -0.15) is 0 Å². The number of aryl methyl sites for hydroxylation is 1. The molecule has 2 N–H and O–H groups in total. The van der Waals surface area contributed by atoms with Crippen molar-refractivity contribution in [2.24, 2.45) is 0 Å². The molecule has 0 aliphatic carbocycles. The second-order valence-corrected chi connectivity index (χ2v) is 28.6. The second-order valence-electron chi connectivity index (χ2n) is 17.4. The van der Waals surface area contributed by atoms with E-state index in [1.165, 1.54) is 33.7 Å². The summed E-state index contributed by atoms with van der Waals surface area (Å²) in [7, 11) is -9.42. The smallest absolute Gasteiger partial charge is 0.414 e. The van der Waals surface area contributed by atoms with Gasteiger partial charge >= 0.3 is 19.2 Å². The molecular weight excluding hydrogens is 796 g/mol. The number of phosphoric acid groups is 1. The van der Waals surface area contributed by atoms with Gasteiger partial charge in [-0.25, -0.2) is 14.2 Å². The first-order chi connectivity index (χ1) is 26.3. The molecular formula is C37H61N4O13PSi2. The highest BCUT2D eigenvalue weighted by Crippen LogP contribution is 2.54. The van der Waals surface area contributed by atoms with E-state index in [-0.39, 0.29) is 36.3 Å². The maximum Gasteiger partial charge on any atom is 0.475 e. The lowest BCUT2D eigenvalue weighted by molar-refractivity contribution is -0.0710. The van der Waals surface area contributed by atoms with Gasteiger partial charge in [-0.15, -0.1) is 13.2 Å². The second kappa shape index (κ2) is 18.2. The van der Waals surface area contributed by atoms with Gasteiger partial charge in [0.05, 0.1) is 26.4 Å². The molecule has 2 aliphatic rings. The number of ether oxygens (including phenoxy) is 3. The Morgan fingerprint density at radius 3 is 2.09 bits per heavy atom. The van der Waals surface area contributed by atoms with Crippen molar-refractivity contribution in [1.82, 2.24) is 19.1 Å². The van der Waals surface area contributed by atoms with Crippen LogP contribution in [-0.2, 0) is 41.2 Å². The number of hydrogen-bond acceptors (Lipinski definition) is 13. The minimum absolute atomic E-state index is 0.0213. The Kier molecular flexibility index (Phi) is 15.0. The van der Waals surface area contributed by atoms with Gasteiger partial charge in [0.2, 0.25) is 0 Å². The summed E-state index contributed by atoms with van der Waals surface area (Å²) in [6, 6.07) is 1.19. The molecule has 1 unspecified atom stereocenters. The molecule has 17 nitrogen and oxygen atoms in total. The molecule has 2 aromatic heterocycles. The van der Waals surface area contributed by atoms with E-state index >= 15 is 0 Å². The number of H-pyrrole nitrogens is 2. The Hall–Kier alpha value is -2.82. The van der Waals surface area contributed by atoms with Gasteiger partial charge in [0.15, 0.2) is 22.9 Å². The van der Waals surface area contributed by atoms with Gasteiger partial charge in [0.25, 0.3) is 11.1 Å². The third-order valence-corrected chi connectivity index (χ3v) is 21.6. The first-order valence-electron chi connectivity index (χ1n) is 19.0. The van der Waals surface area contributed by atoms with Gasteiger partial charge in [0.1, 0.15) is 36.7 Å². The number of rotatable bonds is 18. The fourth-order valence-electron chi connectivity index (χ4n) is 5.72. The number of aromatic nitrogens is 4. The zero-order chi connectivity index (χ0) is 42.7. The molecule has 0 bridgehead atoms. The highest BCUT2D eigenvalue weighted by atomic mass is 31.2. The molecule has 20 heteroatoms. The Bertz CT molecular complexity index is 2020. The lowest BCUT2D eigenvalue weighted by Crippen LogP contribution is -2.50. The van der Waals surface area contributed by atoms with Crippen LogP contribution in [0.3, 0.4) is 0 Å². The summed E-state index contributed by atoms with van der Waals surface area (Å²) in [4.78, 5) is 54.7. The number of nitrogens with zero attached hydrogens (tertiary/aromatic N) is 2. The largest absolute Gasteiger partial charge is 0.475 e. The molecule has 57 heavy (non-hydrogen) atoms. The van der Waals surface area contributed by atoms with Crippen LogP contribution in [0.15, 0.2) is 62.9 Å². The van der Waals surface area contributed by atoms with Gasteiger partial charge < -0.3 is 23.1 Å². The van der Waals surface area contributed by atoms with Crippen molar-refractivity contribution in [2.75, 3.05) is 26.4 Å². The third-order valence-electron chi connectivity index (χ3n) is 11.1. The summed E-state index contributed by atoms with van der Waals surface area (Å²) >= 11 is 0. The van der Waals surface area contributed by atoms with Crippen LogP contribution in [0.25, 0.3) is 0 Å². The topological polar surface area (TPSA) is 201 Å². The Morgan fingerprint density at radius 1 is 0.860 bits per heavy atom. The van der Waals surface area contributed by atoms with E-state index < -0.39 is 96.5 Å². The lowest BCUT2D eigenvalue weighted by Gasteiger charge is -2.40. The van der Waals surface area contributed by atoms with E-state index in [0.717, 1.165) is 0 Å². The summed E-state index contributed by atoms with van der Waals surface area (Å²) in [5.41, 5.74) is -2.22. The van der Waals surface area contributed by atoms with Crippen LogP contribution in [0.1, 0.15) is 66.0 Å². The van der Waals surface area contributed by atoms with Crippen molar-refractivity contribution in [3.05, 3.63) is 91.0 Å². The average Bonchev–Trinajstić information content (AvgIpc) is 3.64. The fraction of sp³-hybridized carbons (Fsp3) is 0.676. The highest BCUT2D eigenvalue weighted by molar-refractivity contribution is 7.48. The van der Waals surface area contributed by atoms with Crippen molar-refractivity contribution in [2.45, 2.75) is 134 Å². The van der Waals surface area contributed by atoms with E-state index in [0.29, 0.717) is 5.56 Å². The molecule has 0 saturated carbocycles. The maximum atomic E-state index is 14.7. The number of aromatic amines is 2. The molecule has 4 heterocycles. The molecule has 0 amide bonds. The molecule has 2 aliphatic heterocycles. The fourth-order valence-corrected chi connectivity index (χ4v) is 9.42. The molecule has 320 valence electrons. The molecule has 8 atom stereocenters. The predicted octanol–water partition coefficient (Wildman–Crippen LogP) is 5.28. The van der Waals surface area contributed by atoms with Crippen LogP contribution in [0.4, 0.5) is 0 Å². The van der Waals surface area contributed by atoms with Gasteiger partial charge in [0, 0.05) is 30.4 Å². The molecule has 2 aromatic rings. The Balaban J connectivity index is 1.70. The van der Waals surface area contributed by atoms with Crippen LogP contribution in [0.5, 0.6) is 0 Å². The number of nitrogens with one attached hydrogen (secondary N) is 2. The van der Waals surface area contributed by atoms with Crippen molar-refractivity contribution >= 4 is 24.5 Å². The van der Waals surface area contributed by atoms with Crippen molar-refractivity contribution in [1.29, 1.82) is 0 Å². The highest BCUT2D eigenvalue weighted by Gasteiger charge is 2.53. The first-order valence-corrected chi connectivity index (χ1v) is 26.3. The normalized spacial score (nSPS) is 25.7. The monoisotopic (exact) mass is 856 g/mol. The van der Waals surface area contributed by atoms with E-state index in [2.05, 4.69) is 77.8 Å². The third kappa shape index (κ3) is 11.3. The molecule has 0 spiro atoms. The summed E-state index contributed by atoms with van der Waals surface area (Å²) in [5, 5.41) is -0.401. The minimum Gasteiger partial charge on any atom is -0.414 e. The first kappa shape index (κ1) is 46.9. The molecule has 0 radical (unpaired) electrons. The molecule has 2 saturated heterocycles. The lowest BCUT2D eigenvalue weighted by atomic mass is 10.1. The van der Waals surface area contributed by atoms with Crippen LogP contribution in [0, 0.1) is 6.92 Å². The van der Waals surface area contributed by atoms with Crippen molar-refractivity contribution < 1.29 is 41.2 Å². The van der Waals surface area contributed by atoms with Gasteiger partial charge in [-0.3, -0.25) is 42.3 Å². The standard InChI is InChI=1S/C37H61N4O13PSi2/c1-14-18-47-31-30(54-57(12,13)37(7,8)9)27(52-33(31)40-17-16-28(42)38-34(40)44)22-49-55(46,48-19-15-2)53-25-20-29(41-21-24(3)32(43)39-35(41)45)51-26(25)23-50-56(10,11)36(4,5)6/h14-17,21,25-27,29-31,33H,1-2,18-20,22-23H2,3-13H3,(H,38,42,44)(H,39,43,45)/t25-,26+,27+,29+,30+,31-,33+,55?/m0/s1. The van der Waals surface area contributed by atoms with Crippen molar-refractivity contribution in [3.8, 4) is 0 Å². The zero-order valence-electron chi connectivity index (χ0n) is 35.0. The van der Waals surface area contributed by atoms with Crippen LogP contribution in [0.2, 0.25) is 36.3 Å². The number of hydrogen-bond donors (Lipinski definition) is 2. The minimum atomic E-state index is -4.52. The van der Waals surface area contributed by atoms with Crippen LogP contribution < -0.4 is 22.5 Å².